The van der Waals surface area contributed by atoms with E-state index in [1.165, 1.54) is 0 Å². The third-order valence-electron chi connectivity index (χ3n) is 6.42. The summed E-state index contributed by atoms with van der Waals surface area (Å²) in [7, 11) is 1.81. The molecule has 9 heteroatoms. The number of nitrogens with zero attached hydrogens (tertiary/aromatic N) is 5. The van der Waals surface area contributed by atoms with Gasteiger partial charge in [0.05, 0.1) is 47.7 Å². The van der Waals surface area contributed by atoms with E-state index in [0.717, 1.165) is 11.0 Å². The highest BCUT2D eigenvalue weighted by Crippen LogP contribution is 2.43. The number of aromatic nitrogens is 4. The van der Waals surface area contributed by atoms with Crippen molar-refractivity contribution in [1.29, 1.82) is 0 Å². The van der Waals surface area contributed by atoms with E-state index in [9.17, 15) is 9.59 Å². The molecule has 2 aliphatic heterocycles. The van der Waals surface area contributed by atoms with E-state index in [0.29, 0.717) is 51.1 Å². The van der Waals surface area contributed by atoms with Crippen molar-refractivity contribution in [2.24, 2.45) is 12.5 Å². The van der Waals surface area contributed by atoms with Crippen LogP contribution in [0.15, 0.2) is 43.0 Å². The summed E-state index contributed by atoms with van der Waals surface area (Å²) in [5, 5.41) is 6.92. The van der Waals surface area contributed by atoms with Crippen molar-refractivity contribution in [3.8, 4) is 0 Å². The average molecular weight is 422 g/mol. The maximum Gasteiger partial charge on any atom is 0.312 e. The number of aryl methyl sites for hydroxylation is 1. The lowest BCUT2D eigenvalue weighted by molar-refractivity contribution is -0.151. The SMILES string of the molecule is Cn1cc(NC(=O)CN2CCC3(CC2)CC(Cn2cnc4ccccc42)OC3=O)cn1. The Bertz CT molecular complexity index is 1110. The van der Waals surface area contributed by atoms with Gasteiger partial charge in [0, 0.05) is 19.7 Å². The zero-order valence-corrected chi connectivity index (χ0v) is 17.5. The topological polar surface area (TPSA) is 94.3 Å². The van der Waals surface area contributed by atoms with Crippen molar-refractivity contribution in [3.63, 3.8) is 0 Å². The summed E-state index contributed by atoms with van der Waals surface area (Å²) in [5.74, 6) is -0.163. The number of rotatable bonds is 5. The first-order valence-corrected chi connectivity index (χ1v) is 10.6. The molecule has 1 aromatic carbocycles. The van der Waals surface area contributed by atoms with Gasteiger partial charge >= 0.3 is 5.97 Å². The number of anilines is 1. The van der Waals surface area contributed by atoms with E-state index in [4.69, 9.17) is 4.74 Å². The number of amides is 1. The van der Waals surface area contributed by atoms with Gasteiger partial charge < -0.3 is 14.6 Å². The number of piperidine rings is 1. The molecular weight excluding hydrogens is 396 g/mol. The Morgan fingerprint density at radius 2 is 2.10 bits per heavy atom. The Balaban J connectivity index is 1.16. The number of fused-ring (bicyclic) bond motifs is 1. The van der Waals surface area contributed by atoms with E-state index in [2.05, 4.69) is 24.9 Å². The second kappa shape index (κ2) is 7.81. The number of para-hydroxylation sites is 2. The van der Waals surface area contributed by atoms with E-state index in [1.54, 1.807) is 17.1 Å². The predicted octanol–water partition coefficient (Wildman–Crippen LogP) is 1.81. The predicted molar refractivity (Wildman–Crippen MR) is 114 cm³/mol. The van der Waals surface area contributed by atoms with Crippen molar-refractivity contribution < 1.29 is 14.3 Å². The molecule has 1 amide bonds. The number of hydrogen-bond donors (Lipinski definition) is 1. The van der Waals surface area contributed by atoms with E-state index < -0.39 is 5.41 Å². The summed E-state index contributed by atoms with van der Waals surface area (Å²) in [4.78, 5) is 31.6. The fourth-order valence-electron chi connectivity index (χ4n) is 4.75. The van der Waals surface area contributed by atoms with Gasteiger partial charge in [-0.1, -0.05) is 12.1 Å². The fraction of sp³-hybridized carbons (Fsp3) is 0.455. The number of nitrogens with one attached hydrogen (secondary N) is 1. The lowest BCUT2D eigenvalue weighted by atomic mass is 9.76. The maximum atomic E-state index is 12.8. The van der Waals surface area contributed by atoms with Crippen molar-refractivity contribution in [2.75, 3.05) is 25.0 Å². The zero-order valence-electron chi connectivity index (χ0n) is 17.5. The van der Waals surface area contributed by atoms with Crippen LogP contribution in [0.5, 0.6) is 0 Å². The summed E-state index contributed by atoms with van der Waals surface area (Å²) in [6.45, 7) is 2.34. The lowest BCUT2D eigenvalue weighted by Gasteiger charge is -2.36. The normalized spacial score (nSPS) is 20.9. The molecule has 162 valence electrons. The van der Waals surface area contributed by atoms with Crippen molar-refractivity contribution in [3.05, 3.63) is 43.0 Å². The smallest absolute Gasteiger partial charge is 0.312 e. The number of ether oxygens (including phenoxy) is 1. The molecular formula is C22H26N6O3. The molecule has 2 aliphatic rings. The number of esters is 1. The van der Waals surface area contributed by atoms with Crippen LogP contribution in [0.25, 0.3) is 11.0 Å². The molecule has 5 rings (SSSR count). The number of cyclic esters (lactones) is 1. The van der Waals surface area contributed by atoms with Crippen LogP contribution in [-0.4, -0.2) is 61.8 Å². The number of carbonyl (C=O) groups excluding carboxylic acids is 2. The standard InChI is InChI=1S/C22H26N6O3/c1-26-12-16(11-24-26)25-20(29)14-27-8-6-22(7-9-27)10-17(31-21(22)30)13-28-15-23-18-4-2-3-5-19(18)28/h2-5,11-12,15,17H,6-10,13-14H2,1H3,(H,25,29). The average Bonchev–Trinajstić information content (AvgIpc) is 3.43. The Morgan fingerprint density at radius 1 is 1.29 bits per heavy atom. The van der Waals surface area contributed by atoms with Gasteiger partial charge in [-0.2, -0.15) is 5.10 Å². The molecule has 1 unspecified atom stereocenters. The van der Waals surface area contributed by atoms with Gasteiger partial charge in [0.1, 0.15) is 6.10 Å². The molecule has 1 atom stereocenters. The molecule has 0 bridgehead atoms. The van der Waals surface area contributed by atoms with Gasteiger partial charge in [-0.15, -0.1) is 0 Å². The first-order chi connectivity index (χ1) is 15.0. The van der Waals surface area contributed by atoms with Crippen molar-refractivity contribution in [2.45, 2.75) is 31.9 Å². The van der Waals surface area contributed by atoms with E-state index in [-0.39, 0.29) is 18.0 Å². The Kier molecular flexibility index (Phi) is 4.97. The molecule has 9 nitrogen and oxygen atoms in total. The van der Waals surface area contributed by atoms with Gasteiger partial charge in [-0.3, -0.25) is 19.2 Å². The minimum absolute atomic E-state index is 0.0668. The first-order valence-electron chi connectivity index (χ1n) is 10.6. The lowest BCUT2D eigenvalue weighted by Crippen LogP contribution is -2.45. The summed E-state index contributed by atoms with van der Waals surface area (Å²) >= 11 is 0. The fourth-order valence-corrected chi connectivity index (χ4v) is 4.75. The third-order valence-corrected chi connectivity index (χ3v) is 6.42. The Labute approximate surface area is 180 Å². The van der Waals surface area contributed by atoms with Gasteiger partial charge in [0.2, 0.25) is 5.91 Å². The van der Waals surface area contributed by atoms with Gasteiger partial charge in [0.15, 0.2) is 0 Å². The molecule has 2 saturated heterocycles. The third kappa shape index (κ3) is 3.93. The summed E-state index contributed by atoms with van der Waals surface area (Å²) in [6.07, 6.45) is 7.20. The summed E-state index contributed by atoms with van der Waals surface area (Å²) in [6, 6.07) is 7.97. The largest absolute Gasteiger partial charge is 0.460 e. The van der Waals surface area contributed by atoms with Crippen LogP contribution < -0.4 is 5.32 Å². The molecule has 1 N–H and O–H groups in total. The monoisotopic (exact) mass is 422 g/mol. The minimum Gasteiger partial charge on any atom is -0.460 e. The van der Waals surface area contributed by atoms with Gasteiger partial charge in [-0.25, -0.2) is 4.98 Å². The summed E-state index contributed by atoms with van der Waals surface area (Å²) < 4.78 is 9.49. The highest BCUT2D eigenvalue weighted by molar-refractivity contribution is 5.92. The van der Waals surface area contributed by atoms with Crippen LogP contribution in [0.2, 0.25) is 0 Å². The number of carbonyl (C=O) groups is 2. The summed E-state index contributed by atoms with van der Waals surface area (Å²) in [5.41, 5.74) is 2.25. The number of hydrogen-bond acceptors (Lipinski definition) is 6. The van der Waals surface area contributed by atoms with Crippen LogP contribution in [0.1, 0.15) is 19.3 Å². The molecule has 0 saturated carbocycles. The minimum atomic E-state index is -0.433. The van der Waals surface area contributed by atoms with Crippen LogP contribution in [0, 0.1) is 5.41 Å². The van der Waals surface area contributed by atoms with Crippen LogP contribution >= 0.6 is 0 Å². The van der Waals surface area contributed by atoms with Gasteiger partial charge in [-0.05, 0) is 38.1 Å². The van der Waals surface area contributed by atoms with Crippen molar-refractivity contribution >= 4 is 28.6 Å². The molecule has 2 aromatic heterocycles. The molecule has 1 spiro atoms. The second-order valence-electron chi connectivity index (χ2n) is 8.62. The number of imidazole rings is 1. The van der Waals surface area contributed by atoms with Crippen LogP contribution in [0.4, 0.5) is 5.69 Å². The zero-order chi connectivity index (χ0) is 21.4. The molecule has 31 heavy (non-hydrogen) atoms. The van der Waals surface area contributed by atoms with Crippen molar-refractivity contribution in [1.82, 2.24) is 24.2 Å². The van der Waals surface area contributed by atoms with E-state index in [1.807, 2.05) is 37.6 Å². The Hall–Kier alpha value is -3.20. The van der Waals surface area contributed by atoms with Crippen LogP contribution in [-0.2, 0) is 27.9 Å². The highest BCUT2D eigenvalue weighted by Gasteiger charge is 2.50. The molecule has 2 fully saturated rings. The first kappa shape index (κ1) is 19.7. The molecule has 4 heterocycles. The number of benzene rings is 1. The number of likely N-dealkylation sites (tertiary alicyclic amines) is 1. The molecule has 3 aromatic rings. The van der Waals surface area contributed by atoms with E-state index >= 15 is 0 Å². The second-order valence-corrected chi connectivity index (χ2v) is 8.62. The Morgan fingerprint density at radius 3 is 2.87 bits per heavy atom. The van der Waals surface area contributed by atoms with Crippen LogP contribution in [0.3, 0.4) is 0 Å². The molecule has 0 radical (unpaired) electrons. The maximum absolute atomic E-state index is 12.8. The highest BCUT2D eigenvalue weighted by atomic mass is 16.6. The quantitative estimate of drug-likeness (QED) is 0.630. The van der Waals surface area contributed by atoms with Gasteiger partial charge in [0.25, 0.3) is 0 Å². The molecule has 0 aliphatic carbocycles.